The van der Waals surface area contributed by atoms with E-state index in [4.69, 9.17) is 0 Å². The van der Waals surface area contributed by atoms with Crippen molar-refractivity contribution in [1.29, 1.82) is 0 Å². The number of benzene rings is 1. The number of anilines is 1. The average molecular weight is 264 g/mol. The van der Waals surface area contributed by atoms with Crippen LogP contribution < -0.4 is 4.72 Å². The Labute approximate surface area is 111 Å². The molecule has 0 atom stereocenters. The van der Waals surface area contributed by atoms with E-state index in [0.717, 1.165) is 17.2 Å². The van der Waals surface area contributed by atoms with E-state index >= 15 is 0 Å². The smallest absolute Gasteiger partial charge is 0.193 e. The van der Waals surface area contributed by atoms with Gasteiger partial charge in [-0.25, -0.2) is 4.98 Å². The molecular formula is C13H16N2S2. The van der Waals surface area contributed by atoms with Crippen LogP contribution in [0, 0.1) is 13.8 Å². The van der Waals surface area contributed by atoms with Gasteiger partial charge in [-0.15, -0.1) is 11.3 Å². The van der Waals surface area contributed by atoms with Crippen molar-refractivity contribution in [2.24, 2.45) is 0 Å². The van der Waals surface area contributed by atoms with E-state index in [2.05, 4.69) is 54.1 Å². The Morgan fingerprint density at radius 2 is 2.18 bits per heavy atom. The van der Waals surface area contributed by atoms with E-state index in [-0.39, 0.29) is 0 Å². The summed E-state index contributed by atoms with van der Waals surface area (Å²) in [5, 5.41) is 3.08. The molecule has 90 valence electrons. The van der Waals surface area contributed by atoms with Crippen molar-refractivity contribution in [3.8, 4) is 0 Å². The summed E-state index contributed by atoms with van der Waals surface area (Å²) in [4.78, 5) is 5.74. The minimum absolute atomic E-state index is 0.979. The molecule has 1 N–H and O–H groups in total. The van der Waals surface area contributed by atoms with E-state index in [1.54, 1.807) is 23.3 Å². The molecule has 1 aromatic heterocycles. The monoisotopic (exact) mass is 264 g/mol. The molecule has 0 aliphatic heterocycles. The molecule has 0 aliphatic carbocycles. The lowest BCUT2D eigenvalue weighted by Crippen LogP contribution is -1.90. The van der Waals surface area contributed by atoms with Crippen molar-refractivity contribution < 1.29 is 0 Å². The lowest BCUT2D eigenvalue weighted by atomic mass is 10.1. The van der Waals surface area contributed by atoms with Gasteiger partial charge in [0.2, 0.25) is 0 Å². The fraction of sp³-hybridized carbons (Fsp3) is 0.308. The number of aryl methyl sites for hydroxylation is 2. The Kier molecular flexibility index (Phi) is 4.07. The van der Waals surface area contributed by atoms with Gasteiger partial charge in [0.05, 0.1) is 5.69 Å². The van der Waals surface area contributed by atoms with E-state index in [0.29, 0.717) is 0 Å². The second kappa shape index (κ2) is 5.56. The van der Waals surface area contributed by atoms with Crippen LogP contribution in [0.1, 0.15) is 23.7 Å². The number of nitrogens with one attached hydrogen (secondary N) is 1. The SMILES string of the molecule is CCc1csc(NSc2cccc(C)c2C)n1. The molecule has 0 saturated heterocycles. The summed E-state index contributed by atoms with van der Waals surface area (Å²) in [7, 11) is 0. The summed E-state index contributed by atoms with van der Waals surface area (Å²) in [6.45, 7) is 6.41. The van der Waals surface area contributed by atoms with E-state index in [9.17, 15) is 0 Å². The van der Waals surface area contributed by atoms with E-state index < -0.39 is 0 Å². The molecule has 1 aromatic carbocycles. The van der Waals surface area contributed by atoms with Crippen LogP contribution in [0.4, 0.5) is 5.13 Å². The van der Waals surface area contributed by atoms with Crippen molar-refractivity contribution >= 4 is 28.4 Å². The predicted octanol–water partition coefficient (Wildman–Crippen LogP) is 4.44. The van der Waals surface area contributed by atoms with Gasteiger partial charge in [-0.1, -0.05) is 19.1 Å². The maximum atomic E-state index is 4.48. The molecule has 1 heterocycles. The molecule has 4 heteroatoms. The van der Waals surface area contributed by atoms with Gasteiger partial charge >= 0.3 is 0 Å². The van der Waals surface area contributed by atoms with Crippen LogP contribution in [0.3, 0.4) is 0 Å². The van der Waals surface area contributed by atoms with Gasteiger partial charge in [0, 0.05) is 10.3 Å². The highest BCUT2D eigenvalue weighted by Crippen LogP contribution is 2.27. The molecule has 0 amide bonds. The molecule has 0 fully saturated rings. The zero-order valence-electron chi connectivity index (χ0n) is 10.3. The third-order valence-corrected chi connectivity index (χ3v) is 4.61. The molecule has 0 unspecified atom stereocenters. The quantitative estimate of drug-likeness (QED) is 0.826. The molecule has 2 aromatic rings. The summed E-state index contributed by atoms with van der Waals surface area (Å²) in [6, 6.07) is 6.36. The molecule has 0 bridgehead atoms. The van der Waals surface area contributed by atoms with E-state index in [1.165, 1.54) is 16.0 Å². The Balaban J connectivity index is 2.04. The molecule has 0 saturated carbocycles. The molecule has 17 heavy (non-hydrogen) atoms. The van der Waals surface area contributed by atoms with Crippen LogP contribution in [0.2, 0.25) is 0 Å². The molecule has 0 aliphatic rings. The van der Waals surface area contributed by atoms with Gasteiger partial charge in [0.25, 0.3) is 0 Å². The minimum atomic E-state index is 0.979. The van der Waals surface area contributed by atoms with Gasteiger partial charge in [0.15, 0.2) is 5.13 Å². The van der Waals surface area contributed by atoms with Gasteiger partial charge in [0.1, 0.15) is 0 Å². The number of aromatic nitrogens is 1. The summed E-state index contributed by atoms with van der Waals surface area (Å²) in [5.74, 6) is 0. The molecule has 2 rings (SSSR count). The number of rotatable bonds is 4. The standard InChI is InChI=1S/C13H16N2S2/c1-4-11-8-16-13(14-11)15-17-12-7-5-6-9(2)10(12)3/h5-8H,4H2,1-3H3,(H,14,15). The third kappa shape index (κ3) is 3.01. The highest BCUT2D eigenvalue weighted by atomic mass is 32.2. The first-order valence-corrected chi connectivity index (χ1v) is 7.33. The minimum Gasteiger partial charge on any atom is -0.302 e. The summed E-state index contributed by atoms with van der Waals surface area (Å²) >= 11 is 3.30. The van der Waals surface area contributed by atoms with Crippen LogP contribution >= 0.6 is 23.3 Å². The Morgan fingerprint density at radius 1 is 1.35 bits per heavy atom. The maximum absolute atomic E-state index is 4.48. The zero-order valence-corrected chi connectivity index (χ0v) is 11.9. The Bertz CT molecular complexity index is 506. The first-order chi connectivity index (χ1) is 8.20. The van der Waals surface area contributed by atoms with Crippen LogP contribution in [0.25, 0.3) is 0 Å². The highest BCUT2D eigenvalue weighted by molar-refractivity contribution is 8.00. The van der Waals surface area contributed by atoms with E-state index in [1.807, 2.05) is 0 Å². The van der Waals surface area contributed by atoms with Crippen LogP contribution in [0.5, 0.6) is 0 Å². The maximum Gasteiger partial charge on any atom is 0.193 e. The molecule has 0 radical (unpaired) electrons. The highest BCUT2D eigenvalue weighted by Gasteiger charge is 2.04. The van der Waals surface area contributed by atoms with Crippen molar-refractivity contribution in [3.05, 3.63) is 40.4 Å². The predicted molar refractivity (Wildman–Crippen MR) is 76.9 cm³/mol. The lowest BCUT2D eigenvalue weighted by Gasteiger charge is -2.07. The van der Waals surface area contributed by atoms with Crippen LogP contribution in [0.15, 0.2) is 28.5 Å². The van der Waals surface area contributed by atoms with Gasteiger partial charge in [-0.2, -0.15) is 0 Å². The normalized spacial score (nSPS) is 10.5. The van der Waals surface area contributed by atoms with Crippen LogP contribution in [-0.4, -0.2) is 4.98 Å². The van der Waals surface area contributed by atoms with Gasteiger partial charge in [-0.3, -0.25) is 0 Å². The van der Waals surface area contributed by atoms with Crippen molar-refractivity contribution in [3.63, 3.8) is 0 Å². The second-order valence-corrected chi connectivity index (χ2v) is 5.61. The number of thiazole rings is 1. The average Bonchev–Trinajstić information content (AvgIpc) is 2.79. The molecular weight excluding hydrogens is 248 g/mol. The van der Waals surface area contributed by atoms with Crippen molar-refractivity contribution in [2.45, 2.75) is 32.1 Å². The van der Waals surface area contributed by atoms with Crippen LogP contribution in [-0.2, 0) is 6.42 Å². The number of hydrogen-bond acceptors (Lipinski definition) is 4. The third-order valence-electron chi connectivity index (χ3n) is 2.72. The fourth-order valence-corrected chi connectivity index (χ4v) is 3.11. The topological polar surface area (TPSA) is 24.9 Å². The van der Waals surface area contributed by atoms with Gasteiger partial charge < -0.3 is 4.72 Å². The molecule has 0 spiro atoms. The number of nitrogens with zero attached hydrogens (tertiary/aromatic N) is 1. The summed E-state index contributed by atoms with van der Waals surface area (Å²) < 4.78 is 3.31. The van der Waals surface area contributed by atoms with Crippen molar-refractivity contribution in [2.75, 3.05) is 4.72 Å². The van der Waals surface area contributed by atoms with Gasteiger partial charge in [-0.05, 0) is 49.4 Å². The summed E-state index contributed by atoms with van der Waals surface area (Å²) in [5.41, 5.74) is 3.81. The zero-order chi connectivity index (χ0) is 12.3. The first kappa shape index (κ1) is 12.5. The number of hydrogen-bond donors (Lipinski definition) is 1. The Morgan fingerprint density at radius 3 is 2.88 bits per heavy atom. The summed E-state index contributed by atoms with van der Waals surface area (Å²) in [6.07, 6.45) is 0.992. The Hall–Kier alpha value is -1.00. The largest absolute Gasteiger partial charge is 0.302 e. The molecule has 2 nitrogen and oxygen atoms in total. The fourth-order valence-electron chi connectivity index (χ4n) is 1.45. The lowest BCUT2D eigenvalue weighted by molar-refractivity contribution is 1.07. The second-order valence-electron chi connectivity index (χ2n) is 3.90. The first-order valence-electron chi connectivity index (χ1n) is 5.64. The van der Waals surface area contributed by atoms with Crippen molar-refractivity contribution in [1.82, 2.24) is 4.98 Å².